The molecule has 2 aliphatic rings. The van der Waals surface area contributed by atoms with E-state index in [4.69, 9.17) is 0 Å². The standard InChI is InChI=1S/C11H21N/c1-3-10-8-9-6-4-5-7-11(9)12(10)2/h9-11H,3-8H2,1-2H3/t9?,10-,11?/m1/s1. The van der Waals surface area contributed by atoms with Crippen LogP contribution in [0.3, 0.4) is 0 Å². The van der Waals surface area contributed by atoms with Crippen LogP contribution in [0.15, 0.2) is 0 Å². The summed E-state index contributed by atoms with van der Waals surface area (Å²) in [4.78, 5) is 2.66. The number of hydrogen-bond acceptors (Lipinski definition) is 1. The van der Waals surface area contributed by atoms with Gasteiger partial charge in [0.25, 0.3) is 0 Å². The Kier molecular flexibility index (Phi) is 2.40. The van der Waals surface area contributed by atoms with Crippen LogP contribution in [-0.4, -0.2) is 24.0 Å². The van der Waals surface area contributed by atoms with E-state index in [-0.39, 0.29) is 0 Å². The average molecular weight is 167 g/mol. The van der Waals surface area contributed by atoms with Crippen molar-refractivity contribution in [2.45, 2.75) is 57.5 Å². The summed E-state index contributed by atoms with van der Waals surface area (Å²) in [5, 5.41) is 0. The van der Waals surface area contributed by atoms with Gasteiger partial charge in [0.05, 0.1) is 0 Å². The van der Waals surface area contributed by atoms with Gasteiger partial charge in [-0.05, 0) is 38.6 Å². The second-order valence-electron chi connectivity index (χ2n) is 4.58. The van der Waals surface area contributed by atoms with Crippen LogP contribution < -0.4 is 0 Å². The van der Waals surface area contributed by atoms with Crippen molar-refractivity contribution in [1.29, 1.82) is 0 Å². The van der Waals surface area contributed by atoms with Crippen LogP contribution in [-0.2, 0) is 0 Å². The molecule has 1 saturated carbocycles. The molecular weight excluding hydrogens is 146 g/mol. The second-order valence-corrected chi connectivity index (χ2v) is 4.58. The van der Waals surface area contributed by atoms with Crippen molar-refractivity contribution >= 4 is 0 Å². The SMILES string of the molecule is CC[C@@H]1CC2CCCCC2N1C. The summed E-state index contributed by atoms with van der Waals surface area (Å²) in [7, 11) is 2.34. The Morgan fingerprint density at radius 2 is 2.00 bits per heavy atom. The summed E-state index contributed by atoms with van der Waals surface area (Å²) in [6.45, 7) is 2.33. The zero-order chi connectivity index (χ0) is 8.55. The Bertz CT molecular complexity index is 153. The molecule has 1 nitrogen and oxygen atoms in total. The van der Waals surface area contributed by atoms with E-state index in [1.54, 1.807) is 0 Å². The molecule has 2 fully saturated rings. The number of hydrogen-bond donors (Lipinski definition) is 0. The van der Waals surface area contributed by atoms with Crippen molar-refractivity contribution in [2.75, 3.05) is 7.05 Å². The third-order valence-corrected chi connectivity index (χ3v) is 4.01. The largest absolute Gasteiger partial charge is 0.300 e. The topological polar surface area (TPSA) is 3.24 Å². The molecule has 1 aliphatic heterocycles. The van der Waals surface area contributed by atoms with Crippen LogP contribution in [0.1, 0.15) is 45.4 Å². The smallest absolute Gasteiger partial charge is 0.0124 e. The Morgan fingerprint density at radius 1 is 1.25 bits per heavy atom. The lowest BCUT2D eigenvalue weighted by atomic mass is 9.85. The highest BCUT2D eigenvalue weighted by Gasteiger charge is 2.38. The molecule has 1 heterocycles. The summed E-state index contributed by atoms with van der Waals surface area (Å²) in [6.07, 6.45) is 8.78. The first-order valence-electron chi connectivity index (χ1n) is 5.55. The van der Waals surface area contributed by atoms with E-state index in [9.17, 15) is 0 Å². The Balaban J connectivity index is 2.03. The van der Waals surface area contributed by atoms with Crippen LogP contribution in [0, 0.1) is 5.92 Å². The molecular formula is C11H21N. The third kappa shape index (κ3) is 1.28. The van der Waals surface area contributed by atoms with Gasteiger partial charge in [0.2, 0.25) is 0 Å². The monoisotopic (exact) mass is 167 g/mol. The lowest BCUT2D eigenvalue weighted by molar-refractivity contribution is 0.184. The van der Waals surface area contributed by atoms with E-state index in [1.165, 1.54) is 38.5 Å². The normalized spacial score (nSPS) is 43.0. The number of likely N-dealkylation sites (tertiary alicyclic amines) is 1. The molecule has 70 valence electrons. The van der Waals surface area contributed by atoms with Crippen LogP contribution in [0.5, 0.6) is 0 Å². The molecule has 0 spiro atoms. The molecule has 3 atom stereocenters. The maximum Gasteiger partial charge on any atom is 0.0124 e. The van der Waals surface area contributed by atoms with E-state index in [0.717, 1.165) is 18.0 Å². The van der Waals surface area contributed by atoms with Crippen molar-refractivity contribution < 1.29 is 0 Å². The second kappa shape index (κ2) is 3.37. The molecule has 0 aromatic carbocycles. The van der Waals surface area contributed by atoms with Gasteiger partial charge in [-0.3, -0.25) is 0 Å². The highest BCUT2D eigenvalue weighted by atomic mass is 15.2. The number of rotatable bonds is 1. The minimum Gasteiger partial charge on any atom is -0.300 e. The zero-order valence-corrected chi connectivity index (χ0v) is 8.42. The number of nitrogens with zero attached hydrogens (tertiary/aromatic N) is 1. The summed E-state index contributed by atoms with van der Waals surface area (Å²) in [6, 6.07) is 1.85. The van der Waals surface area contributed by atoms with Crippen LogP contribution >= 0.6 is 0 Å². The molecule has 0 bridgehead atoms. The van der Waals surface area contributed by atoms with Crippen LogP contribution in [0.25, 0.3) is 0 Å². The molecule has 0 N–H and O–H groups in total. The minimum atomic E-state index is 0.901. The van der Waals surface area contributed by atoms with Gasteiger partial charge in [0.15, 0.2) is 0 Å². The lowest BCUT2D eigenvalue weighted by Gasteiger charge is -2.30. The van der Waals surface area contributed by atoms with Crippen molar-refractivity contribution in [1.82, 2.24) is 4.90 Å². The van der Waals surface area contributed by atoms with Crippen molar-refractivity contribution in [2.24, 2.45) is 5.92 Å². The molecule has 0 aromatic heterocycles. The number of fused-ring (bicyclic) bond motifs is 1. The fourth-order valence-electron chi connectivity index (χ4n) is 3.24. The van der Waals surface area contributed by atoms with Crippen LogP contribution in [0.4, 0.5) is 0 Å². The summed E-state index contributed by atoms with van der Waals surface area (Å²) in [5.41, 5.74) is 0. The van der Waals surface area contributed by atoms with E-state index in [2.05, 4.69) is 18.9 Å². The Labute approximate surface area is 76.1 Å². The first kappa shape index (κ1) is 8.55. The predicted molar refractivity (Wildman–Crippen MR) is 52.2 cm³/mol. The molecule has 0 radical (unpaired) electrons. The molecule has 2 unspecified atom stereocenters. The highest BCUT2D eigenvalue weighted by molar-refractivity contribution is 4.93. The zero-order valence-electron chi connectivity index (χ0n) is 8.42. The van der Waals surface area contributed by atoms with Crippen molar-refractivity contribution in [3.63, 3.8) is 0 Å². The third-order valence-electron chi connectivity index (χ3n) is 4.01. The van der Waals surface area contributed by atoms with E-state index in [1.807, 2.05) is 0 Å². The molecule has 0 amide bonds. The minimum absolute atomic E-state index is 0.901. The van der Waals surface area contributed by atoms with Gasteiger partial charge in [-0.2, -0.15) is 0 Å². The average Bonchev–Trinajstić information content (AvgIpc) is 2.44. The van der Waals surface area contributed by atoms with Gasteiger partial charge in [0, 0.05) is 12.1 Å². The quantitative estimate of drug-likeness (QED) is 0.580. The van der Waals surface area contributed by atoms with E-state index in [0.29, 0.717) is 0 Å². The Hall–Kier alpha value is -0.0400. The van der Waals surface area contributed by atoms with Crippen molar-refractivity contribution in [3.05, 3.63) is 0 Å². The summed E-state index contributed by atoms with van der Waals surface area (Å²) >= 11 is 0. The lowest BCUT2D eigenvalue weighted by Crippen LogP contribution is -2.35. The molecule has 1 saturated heterocycles. The Morgan fingerprint density at radius 3 is 2.67 bits per heavy atom. The van der Waals surface area contributed by atoms with Gasteiger partial charge in [-0.25, -0.2) is 0 Å². The molecule has 0 aromatic rings. The molecule has 2 rings (SSSR count). The van der Waals surface area contributed by atoms with Gasteiger partial charge >= 0.3 is 0 Å². The highest BCUT2D eigenvalue weighted by Crippen LogP contribution is 2.39. The van der Waals surface area contributed by atoms with Gasteiger partial charge in [0.1, 0.15) is 0 Å². The van der Waals surface area contributed by atoms with Crippen LogP contribution in [0.2, 0.25) is 0 Å². The molecule has 12 heavy (non-hydrogen) atoms. The van der Waals surface area contributed by atoms with E-state index < -0.39 is 0 Å². The fourth-order valence-corrected chi connectivity index (χ4v) is 3.24. The maximum absolute atomic E-state index is 2.66. The van der Waals surface area contributed by atoms with Gasteiger partial charge in [-0.1, -0.05) is 19.8 Å². The summed E-state index contributed by atoms with van der Waals surface area (Å²) < 4.78 is 0. The first-order valence-corrected chi connectivity index (χ1v) is 5.55. The fraction of sp³-hybridized carbons (Fsp3) is 1.00. The first-order chi connectivity index (χ1) is 5.83. The maximum atomic E-state index is 2.66. The molecule has 1 aliphatic carbocycles. The van der Waals surface area contributed by atoms with Gasteiger partial charge < -0.3 is 4.90 Å². The van der Waals surface area contributed by atoms with E-state index >= 15 is 0 Å². The van der Waals surface area contributed by atoms with Crippen molar-refractivity contribution in [3.8, 4) is 0 Å². The van der Waals surface area contributed by atoms with Gasteiger partial charge in [-0.15, -0.1) is 0 Å². The molecule has 1 heteroatoms. The predicted octanol–water partition coefficient (Wildman–Crippen LogP) is 2.66. The summed E-state index contributed by atoms with van der Waals surface area (Å²) in [5.74, 6) is 1.05.